The Kier molecular flexibility index (Phi) is 5.41. The molecule has 1 unspecified atom stereocenters. The molecular weight excluding hydrogens is 272 g/mol. The standard InChI is InChI=1S/C16H19ClN2O/c1-2-9-20-15-8-4-6-13(11-15)16(19-18)12-5-3-7-14(17)10-12/h3-8,10-11,16,19H,2,9,18H2,1H3. The lowest BCUT2D eigenvalue weighted by molar-refractivity contribution is 0.317. The van der Waals surface area contributed by atoms with Gasteiger partial charge in [-0.2, -0.15) is 0 Å². The van der Waals surface area contributed by atoms with Crippen molar-refractivity contribution in [3.8, 4) is 5.75 Å². The van der Waals surface area contributed by atoms with Crippen molar-refractivity contribution in [2.45, 2.75) is 19.4 Å². The summed E-state index contributed by atoms with van der Waals surface area (Å²) in [4.78, 5) is 0. The summed E-state index contributed by atoms with van der Waals surface area (Å²) in [5.41, 5.74) is 4.90. The highest BCUT2D eigenvalue weighted by Crippen LogP contribution is 2.26. The molecule has 0 radical (unpaired) electrons. The van der Waals surface area contributed by atoms with Crippen LogP contribution in [0.3, 0.4) is 0 Å². The van der Waals surface area contributed by atoms with E-state index in [1.165, 1.54) is 0 Å². The molecule has 3 N–H and O–H groups in total. The maximum atomic E-state index is 6.04. The second-order valence-corrected chi connectivity index (χ2v) is 5.01. The predicted molar refractivity (Wildman–Crippen MR) is 82.8 cm³/mol. The number of nitrogens with two attached hydrogens (primary N) is 1. The van der Waals surface area contributed by atoms with E-state index in [0.29, 0.717) is 11.6 Å². The Morgan fingerprint density at radius 3 is 2.50 bits per heavy atom. The van der Waals surface area contributed by atoms with Gasteiger partial charge in [0.1, 0.15) is 5.75 Å². The van der Waals surface area contributed by atoms with E-state index in [1.807, 2.05) is 48.5 Å². The third-order valence-corrected chi connectivity index (χ3v) is 3.25. The monoisotopic (exact) mass is 290 g/mol. The molecule has 2 rings (SSSR count). The molecule has 0 saturated carbocycles. The van der Waals surface area contributed by atoms with Crippen molar-refractivity contribution in [2.75, 3.05) is 6.61 Å². The first-order valence-corrected chi connectivity index (χ1v) is 7.06. The Morgan fingerprint density at radius 2 is 1.85 bits per heavy atom. The SMILES string of the molecule is CCCOc1cccc(C(NN)c2cccc(Cl)c2)c1. The van der Waals surface area contributed by atoms with Crippen molar-refractivity contribution in [1.82, 2.24) is 5.43 Å². The summed E-state index contributed by atoms with van der Waals surface area (Å²) >= 11 is 6.04. The minimum Gasteiger partial charge on any atom is -0.494 e. The van der Waals surface area contributed by atoms with E-state index in [9.17, 15) is 0 Å². The lowest BCUT2D eigenvalue weighted by Gasteiger charge is -2.18. The molecular formula is C16H19ClN2O. The van der Waals surface area contributed by atoms with Gasteiger partial charge in [0.05, 0.1) is 12.6 Å². The number of hydrazine groups is 1. The molecule has 20 heavy (non-hydrogen) atoms. The average Bonchev–Trinajstić information content (AvgIpc) is 2.46. The maximum Gasteiger partial charge on any atom is 0.119 e. The molecule has 0 aliphatic rings. The first kappa shape index (κ1) is 14.9. The molecule has 106 valence electrons. The van der Waals surface area contributed by atoms with Crippen molar-refractivity contribution >= 4 is 11.6 Å². The topological polar surface area (TPSA) is 47.3 Å². The molecule has 3 nitrogen and oxygen atoms in total. The van der Waals surface area contributed by atoms with Gasteiger partial charge in [-0.05, 0) is 41.8 Å². The van der Waals surface area contributed by atoms with Gasteiger partial charge in [0.25, 0.3) is 0 Å². The Bertz CT molecular complexity index is 560. The normalized spacial score (nSPS) is 12.2. The van der Waals surface area contributed by atoms with E-state index >= 15 is 0 Å². The first-order chi connectivity index (χ1) is 9.74. The zero-order valence-electron chi connectivity index (χ0n) is 11.5. The van der Waals surface area contributed by atoms with Gasteiger partial charge in [-0.3, -0.25) is 5.84 Å². The van der Waals surface area contributed by atoms with E-state index in [4.69, 9.17) is 22.2 Å². The number of hydrogen-bond donors (Lipinski definition) is 2. The van der Waals surface area contributed by atoms with Gasteiger partial charge in [0.15, 0.2) is 0 Å². The van der Waals surface area contributed by atoms with Crippen LogP contribution < -0.4 is 16.0 Å². The second kappa shape index (κ2) is 7.29. The van der Waals surface area contributed by atoms with Crippen LogP contribution in [-0.2, 0) is 0 Å². The van der Waals surface area contributed by atoms with Crippen LogP contribution in [0.15, 0.2) is 48.5 Å². The van der Waals surface area contributed by atoms with E-state index in [1.54, 1.807) is 0 Å². The molecule has 0 spiro atoms. The van der Waals surface area contributed by atoms with Gasteiger partial charge in [-0.15, -0.1) is 0 Å². The Hall–Kier alpha value is -1.55. The van der Waals surface area contributed by atoms with Gasteiger partial charge in [0.2, 0.25) is 0 Å². The lowest BCUT2D eigenvalue weighted by atomic mass is 9.99. The van der Waals surface area contributed by atoms with Crippen LogP contribution >= 0.6 is 11.6 Å². The molecule has 2 aromatic carbocycles. The highest BCUT2D eigenvalue weighted by atomic mass is 35.5. The van der Waals surface area contributed by atoms with Crippen LogP contribution in [0.2, 0.25) is 5.02 Å². The number of nitrogens with one attached hydrogen (secondary N) is 1. The van der Waals surface area contributed by atoms with E-state index in [2.05, 4.69) is 12.3 Å². The Balaban J connectivity index is 2.27. The summed E-state index contributed by atoms with van der Waals surface area (Å²) in [6.45, 7) is 2.79. The average molecular weight is 291 g/mol. The van der Waals surface area contributed by atoms with Crippen LogP contribution in [0, 0.1) is 0 Å². The molecule has 0 aliphatic carbocycles. The van der Waals surface area contributed by atoms with Crippen LogP contribution in [-0.4, -0.2) is 6.61 Å². The first-order valence-electron chi connectivity index (χ1n) is 6.69. The fourth-order valence-corrected chi connectivity index (χ4v) is 2.27. The molecule has 0 bridgehead atoms. The molecule has 2 aromatic rings. The molecule has 0 aromatic heterocycles. The second-order valence-electron chi connectivity index (χ2n) is 4.58. The fourth-order valence-electron chi connectivity index (χ4n) is 2.07. The van der Waals surface area contributed by atoms with Gasteiger partial charge in [-0.1, -0.05) is 42.8 Å². The van der Waals surface area contributed by atoms with Crippen molar-refractivity contribution in [1.29, 1.82) is 0 Å². The molecule has 0 saturated heterocycles. The van der Waals surface area contributed by atoms with Gasteiger partial charge in [0, 0.05) is 5.02 Å². The van der Waals surface area contributed by atoms with Crippen molar-refractivity contribution in [3.63, 3.8) is 0 Å². The van der Waals surface area contributed by atoms with Crippen LogP contribution in [0.25, 0.3) is 0 Å². The summed E-state index contributed by atoms with van der Waals surface area (Å²) in [6, 6.07) is 15.5. The number of hydrogen-bond acceptors (Lipinski definition) is 3. The van der Waals surface area contributed by atoms with E-state index in [-0.39, 0.29) is 6.04 Å². The minimum absolute atomic E-state index is 0.112. The van der Waals surface area contributed by atoms with Gasteiger partial charge >= 0.3 is 0 Å². The minimum atomic E-state index is -0.112. The van der Waals surface area contributed by atoms with Gasteiger partial charge in [-0.25, -0.2) is 5.43 Å². The lowest BCUT2D eigenvalue weighted by Crippen LogP contribution is -2.28. The molecule has 0 heterocycles. The summed E-state index contributed by atoms with van der Waals surface area (Å²) in [6.07, 6.45) is 0.983. The van der Waals surface area contributed by atoms with E-state index < -0.39 is 0 Å². The van der Waals surface area contributed by atoms with Crippen molar-refractivity contribution < 1.29 is 4.74 Å². The molecule has 0 amide bonds. The number of ether oxygens (including phenoxy) is 1. The summed E-state index contributed by atoms with van der Waals surface area (Å²) < 4.78 is 5.66. The summed E-state index contributed by atoms with van der Waals surface area (Å²) in [5.74, 6) is 6.56. The Morgan fingerprint density at radius 1 is 1.15 bits per heavy atom. The highest BCUT2D eigenvalue weighted by molar-refractivity contribution is 6.30. The maximum absolute atomic E-state index is 6.04. The summed E-state index contributed by atoms with van der Waals surface area (Å²) in [7, 11) is 0. The number of benzene rings is 2. The third-order valence-electron chi connectivity index (χ3n) is 3.01. The number of rotatable bonds is 6. The molecule has 0 aliphatic heterocycles. The molecule has 0 fully saturated rings. The zero-order chi connectivity index (χ0) is 14.4. The smallest absolute Gasteiger partial charge is 0.119 e. The zero-order valence-corrected chi connectivity index (χ0v) is 12.2. The highest BCUT2D eigenvalue weighted by Gasteiger charge is 2.13. The van der Waals surface area contributed by atoms with Crippen molar-refractivity contribution in [2.24, 2.45) is 5.84 Å². The van der Waals surface area contributed by atoms with Crippen LogP contribution in [0.1, 0.15) is 30.5 Å². The number of halogens is 1. The predicted octanol–water partition coefficient (Wildman–Crippen LogP) is 3.68. The van der Waals surface area contributed by atoms with E-state index in [0.717, 1.165) is 23.3 Å². The van der Waals surface area contributed by atoms with Gasteiger partial charge < -0.3 is 4.74 Å². The fraction of sp³-hybridized carbons (Fsp3) is 0.250. The van der Waals surface area contributed by atoms with Crippen molar-refractivity contribution in [3.05, 3.63) is 64.7 Å². The summed E-state index contributed by atoms with van der Waals surface area (Å²) in [5, 5.41) is 0.695. The molecule has 1 atom stereocenters. The quantitative estimate of drug-likeness (QED) is 0.630. The third kappa shape index (κ3) is 3.73. The van der Waals surface area contributed by atoms with Crippen LogP contribution in [0.5, 0.6) is 5.75 Å². The largest absolute Gasteiger partial charge is 0.494 e. The Labute approximate surface area is 124 Å². The van der Waals surface area contributed by atoms with Crippen LogP contribution in [0.4, 0.5) is 0 Å². The molecule has 4 heteroatoms.